The second-order valence-corrected chi connectivity index (χ2v) is 4.83. The van der Waals surface area contributed by atoms with Gasteiger partial charge in [0.2, 0.25) is 5.91 Å². The molecule has 0 saturated carbocycles. The number of rotatable bonds is 4. The SMILES string of the molecule is N#CCC(=O)Nc1ccc(/C=C/c2ccc(Cl)cc2)cc1. The number of amides is 1. The summed E-state index contributed by atoms with van der Waals surface area (Å²) in [5.74, 6) is -0.304. The summed E-state index contributed by atoms with van der Waals surface area (Å²) >= 11 is 5.83. The second kappa shape index (κ2) is 7.28. The Bertz CT molecular complexity index is 682. The molecule has 1 N–H and O–H groups in total. The molecule has 2 rings (SSSR count). The number of halogens is 1. The van der Waals surface area contributed by atoms with Crippen LogP contribution in [0.2, 0.25) is 5.02 Å². The highest BCUT2D eigenvalue weighted by molar-refractivity contribution is 6.30. The van der Waals surface area contributed by atoms with Crippen LogP contribution in [0.3, 0.4) is 0 Å². The van der Waals surface area contributed by atoms with Crippen molar-refractivity contribution < 1.29 is 4.79 Å². The zero-order valence-electron chi connectivity index (χ0n) is 11.2. The van der Waals surface area contributed by atoms with E-state index in [1.54, 1.807) is 12.1 Å². The fourth-order valence-corrected chi connectivity index (χ4v) is 1.85. The summed E-state index contributed by atoms with van der Waals surface area (Å²) in [6.07, 6.45) is 3.82. The van der Waals surface area contributed by atoms with Crippen molar-refractivity contribution in [1.82, 2.24) is 0 Å². The fraction of sp³-hybridized carbons (Fsp3) is 0.0588. The first kappa shape index (κ1) is 14.8. The molecule has 0 unspecified atom stereocenters. The van der Waals surface area contributed by atoms with Gasteiger partial charge in [0.15, 0.2) is 0 Å². The molecule has 0 bridgehead atoms. The minimum Gasteiger partial charge on any atom is -0.325 e. The van der Waals surface area contributed by atoms with Gasteiger partial charge in [0.1, 0.15) is 6.42 Å². The Labute approximate surface area is 128 Å². The molecular formula is C17H13ClN2O. The van der Waals surface area contributed by atoms with E-state index in [9.17, 15) is 4.79 Å². The summed E-state index contributed by atoms with van der Waals surface area (Å²) in [5.41, 5.74) is 2.76. The molecule has 0 aliphatic carbocycles. The van der Waals surface area contributed by atoms with Crippen molar-refractivity contribution >= 4 is 35.3 Å². The first-order chi connectivity index (χ1) is 10.2. The number of nitrogens with one attached hydrogen (secondary N) is 1. The minimum absolute atomic E-state index is 0.141. The van der Waals surface area contributed by atoms with Gasteiger partial charge in [-0.1, -0.05) is 48.0 Å². The van der Waals surface area contributed by atoms with Gasteiger partial charge in [-0.3, -0.25) is 4.79 Å². The number of carbonyl (C=O) groups is 1. The topological polar surface area (TPSA) is 52.9 Å². The number of hydrogen-bond donors (Lipinski definition) is 1. The van der Waals surface area contributed by atoms with Gasteiger partial charge in [-0.15, -0.1) is 0 Å². The van der Waals surface area contributed by atoms with Crippen molar-refractivity contribution in [2.24, 2.45) is 0 Å². The van der Waals surface area contributed by atoms with Crippen LogP contribution in [0.5, 0.6) is 0 Å². The number of carbonyl (C=O) groups excluding carboxylic acids is 1. The Hall–Kier alpha value is -2.57. The van der Waals surface area contributed by atoms with Crippen molar-refractivity contribution in [3.63, 3.8) is 0 Å². The van der Waals surface area contributed by atoms with Gasteiger partial charge >= 0.3 is 0 Å². The van der Waals surface area contributed by atoms with E-state index in [1.807, 2.05) is 54.6 Å². The highest BCUT2D eigenvalue weighted by Gasteiger charge is 2.00. The molecule has 3 nitrogen and oxygen atoms in total. The Balaban J connectivity index is 2.00. The molecule has 0 radical (unpaired) electrons. The molecule has 0 aliphatic heterocycles. The molecule has 2 aromatic carbocycles. The highest BCUT2D eigenvalue weighted by atomic mass is 35.5. The molecule has 0 aromatic heterocycles. The molecule has 0 atom stereocenters. The molecule has 21 heavy (non-hydrogen) atoms. The Kier molecular flexibility index (Phi) is 5.14. The van der Waals surface area contributed by atoms with Crippen molar-refractivity contribution in [3.8, 4) is 6.07 Å². The summed E-state index contributed by atoms with van der Waals surface area (Å²) in [6.45, 7) is 0. The first-order valence-electron chi connectivity index (χ1n) is 6.38. The summed E-state index contributed by atoms with van der Waals surface area (Å²) in [5, 5.41) is 11.8. The second-order valence-electron chi connectivity index (χ2n) is 4.39. The lowest BCUT2D eigenvalue weighted by Crippen LogP contribution is -2.09. The molecule has 2 aromatic rings. The summed E-state index contributed by atoms with van der Waals surface area (Å²) in [4.78, 5) is 11.3. The molecule has 104 valence electrons. The fourth-order valence-electron chi connectivity index (χ4n) is 1.72. The van der Waals surface area contributed by atoms with E-state index in [0.717, 1.165) is 11.1 Å². The minimum atomic E-state index is -0.304. The Morgan fingerprint density at radius 2 is 1.57 bits per heavy atom. The van der Waals surface area contributed by atoms with Crippen LogP contribution in [0.4, 0.5) is 5.69 Å². The summed E-state index contributed by atoms with van der Waals surface area (Å²) in [6, 6.07) is 16.8. The average Bonchev–Trinajstić information content (AvgIpc) is 2.48. The maximum absolute atomic E-state index is 11.3. The zero-order chi connectivity index (χ0) is 15.1. The van der Waals surface area contributed by atoms with Gasteiger partial charge in [-0.2, -0.15) is 5.26 Å². The third-order valence-electron chi connectivity index (χ3n) is 2.77. The maximum atomic E-state index is 11.3. The molecule has 0 aliphatic rings. The quantitative estimate of drug-likeness (QED) is 0.852. The smallest absolute Gasteiger partial charge is 0.238 e. The Morgan fingerprint density at radius 3 is 2.10 bits per heavy atom. The van der Waals surface area contributed by atoms with Crippen LogP contribution < -0.4 is 5.32 Å². The third-order valence-corrected chi connectivity index (χ3v) is 3.02. The van der Waals surface area contributed by atoms with E-state index in [2.05, 4.69) is 5.32 Å². The van der Waals surface area contributed by atoms with E-state index in [4.69, 9.17) is 16.9 Å². The van der Waals surface area contributed by atoms with E-state index in [1.165, 1.54) is 0 Å². The number of hydrogen-bond acceptors (Lipinski definition) is 2. The van der Waals surface area contributed by atoms with Gasteiger partial charge in [0, 0.05) is 10.7 Å². The predicted molar refractivity (Wildman–Crippen MR) is 85.7 cm³/mol. The van der Waals surface area contributed by atoms with Gasteiger partial charge in [-0.05, 0) is 35.4 Å². The first-order valence-corrected chi connectivity index (χ1v) is 6.76. The molecule has 0 spiro atoms. The van der Waals surface area contributed by atoms with Crippen LogP contribution in [-0.2, 0) is 4.79 Å². The number of anilines is 1. The molecule has 0 heterocycles. The Morgan fingerprint density at radius 1 is 1.05 bits per heavy atom. The lowest BCUT2D eigenvalue weighted by atomic mass is 10.1. The van der Waals surface area contributed by atoms with E-state index >= 15 is 0 Å². The molecule has 0 fully saturated rings. The standard InChI is InChI=1S/C17H13ClN2O/c18-15-7-3-13(4-8-15)1-2-14-5-9-16(10-6-14)20-17(21)11-12-19/h1-10H,11H2,(H,20,21)/b2-1+. The number of benzene rings is 2. The molecule has 4 heteroatoms. The van der Waals surface area contributed by atoms with Crippen LogP contribution >= 0.6 is 11.6 Å². The highest BCUT2D eigenvalue weighted by Crippen LogP contribution is 2.14. The van der Waals surface area contributed by atoms with Crippen molar-refractivity contribution in [2.75, 3.05) is 5.32 Å². The van der Waals surface area contributed by atoms with Gasteiger partial charge in [-0.25, -0.2) is 0 Å². The number of nitrogens with zero attached hydrogens (tertiary/aromatic N) is 1. The molecule has 1 amide bonds. The van der Waals surface area contributed by atoms with Crippen LogP contribution in [0, 0.1) is 11.3 Å². The lowest BCUT2D eigenvalue weighted by molar-refractivity contribution is -0.115. The molecular weight excluding hydrogens is 284 g/mol. The predicted octanol–water partition coefficient (Wildman–Crippen LogP) is 4.36. The van der Waals surface area contributed by atoms with Crippen LogP contribution in [0.25, 0.3) is 12.2 Å². The van der Waals surface area contributed by atoms with E-state index < -0.39 is 0 Å². The third kappa shape index (κ3) is 4.79. The van der Waals surface area contributed by atoms with Crippen molar-refractivity contribution in [2.45, 2.75) is 6.42 Å². The monoisotopic (exact) mass is 296 g/mol. The lowest BCUT2D eigenvalue weighted by Gasteiger charge is -2.02. The van der Waals surface area contributed by atoms with Crippen LogP contribution in [0.15, 0.2) is 48.5 Å². The van der Waals surface area contributed by atoms with Gasteiger partial charge in [0.05, 0.1) is 6.07 Å². The van der Waals surface area contributed by atoms with E-state index in [-0.39, 0.29) is 12.3 Å². The summed E-state index contributed by atoms with van der Waals surface area (Å²) in [7, 11) is 0. The summed E-state index contributed by atoms with van der Waals surface area (Å²) < 4.78 is 0. The largest absolute Gasteiger partial charge is 0.325 e. The molecule has 0 saturated heterocycles. The maximum Gasteiger partial charge on any atom is 0.238 e. The van der Waals surface area contributed by atoms with Crippen molar-refractivity contribution in [1.29, 1.82) is 5.26 Å². The van der Waals surface area contributed by atoms with Gasteiger partial charge < -0.3 is 5.32 Å². The van der Waals surface area contributed by atoms with Crippen LogP contribution in [0.1, 0.15) is 17.5 Å². The average molecular weight is 297 g/mol. The van der Waals surface area contributed by atoms with Crippen molar-refractivity contribution in [3.05, 3.63) is 64.7 Å². The zero-order valence-corrected chi connectivity index (χ0v) is 12.0. The number of nitriles is 1. The van der Waals surface area contributed by atoms with Gasteiger partial charge in [0.25, 0.3) is 0 Å². The normalized spacial score (nSPS) is 10.3. The van der Waals surface area contributed by atoms with E-state index in [0.29, 0.717) is 10.7 Å². The van der Waals surface area contributed by atoms with Crippen LogP contribution in [-0.4, -0.2) is 5.91 Å².